The van der Waals surface area contributed by atoms with Crippen molar-refractivity contribution in [1.82, 2.24) is 15.3 Å². The summed E-state index contributed by atoms with van der Waals surface area (Å²) in [5, 5.41) is 1.93. The van der Waals surface area contributed by atoms with Gasteiger partial charge in [0, 0.05) is 31.7 Å². The van der Waals surface area contributed by atoms with E-state index in [1.807, 2.05) is 5.01 Å². The van der Waals surface area contributed by atoms with Crippen molar-refractivity contribution in [2.24, 2.45) is 0 Å². The molecule has 1 amide bonds. The zero-order valence-corrected chi connectivity index (χ0v) is 10.5. The van der Waals surface area contributed by atoms with Gasteiger partial charge in [0.05, 0.1) is 11.4 Å². The van der Waals surface area contributed by atoms with E-state index in [-0.39, 0.29) is 5.91 Å². The van der Waals surface area contributed by atoms with Crippen LogP contribution < -0.4 is 16.9 Å². The maximum atomic E-state index is 12.0. The first-order chi connectivity index (χ1) is 8.56. The summed E-state index contributed by atoms with van der Waals surface area (Å²) in [6, 6.07) is 4.92. The Balaban J connectivity index is 1.97. The fourth-order valence-corrected chi connectivity index (χ4v) is 1.84. The molecule has 98 valence electrons. The third kappa shape index (κ3) is 2.91. The lowest BCUT2D eigenvalue weighted by Crippen LogP contribution is -2.52. The molecule has 1 aromatic carbocycles. The zero-order valence-electron chi connectivity index (χ0n) is 10.5. The fraction of sp³-hybridized carbons (Fsp3) is 0.417. The lowest BCUT2D eigenvalue weighted by Gasteiger charge is -2.32. The van der Waals surface area contributed by atoms with Crippen LogP contribution in [0.3, 0.4) is 0 Å². The molecule has 6 nitrogen and oxygen atoms in total. The van der Waals surface area contributed by atoms with E-state index in [0.717, 1.165) is 26.2 Å². The maximum absolute atomic E-state index is 12.0. The molecule has 1 aromatic rings. The van der Waals surface area contributed by atoms with E-state index < -0.39 is 0 Å². The molecule has 1 aliphatic heterocycles. The van der Waals surface area contributed by atoms with Gasteiger partial charge in [0.1, 0.15) is 0 Å². The summed E-state index contributed by atoms with van der Waals surface area (Å²) in [5.41, 5.74) is 15.6. The second-order valence-electron chi connectivity index (χ2n) is 4.57. The number of nitrogens with zero attached hydrogens (tertiary/aromatic N) is 2. The highest BCUT2D eigenvalue weighted by Gasteiger charge is 2.16. The Hall–Kier alpha value is -1.79. The van der Waals surface area contributed by atoms with Gasteiger partial charge in [-0.15, -0.1) is 0 Å². The van der Waals surface area contributed by atoms with Crippen LogP contribution in [-0.2, 0) is 0 Å². The first-order valence-corrected chi connectivity index (χ1v) is 5.96. The minimum atomic E-state index is -0.147. The molecule has 0 aromatic heterocycles. The molecule has 0 aliphatic carbocycles. The number of hydrogen-bond donors (Lipinski definition) is 3. The van der Waals surface area contributed by atoms with Crippen molar-refractivity contribution in [3.8, 4) is 0 Å². The Kier molecular flexibility index (Phi) is 3.69. The number of nitrogens with two attached hydrogens (primary N) is 2. The summed E-state index contributed by atoms with van der Waals surface area (Å²) in [7, 11) is 2.07. The molecular weight excluding hydrogens is 230 g/mol. The van der Waals surface area contributed by atoms with Gasteiger partial charge in [0.2, 0.25) is 0 Å². The minimum absolute atomic E-state index is 0.147. The van der Waals surface area contributed by atoms with E-state index in [4.69, 9.17) is 11.5 Å². The Morgan fingerprint density at radius 2 is 1.83 bits per heavy atom. The second kappa shape index (κ2) is 5.24. The lowest BCUT2D eigenvalue weighted by atomic mass is 10.1. The summed E-state index contributed by atoms with van der Waals surface area (Å²) in [5.74, 6) is -0.147. The van der Waals surface area contributed by atoms with Crippen LogP contribution in [0.4, 0.5) is 11.4 Å². The van der Waals surface area contributed by atoms with Gasteiger partial charge in [-0.2, -0.15) is 0 Å². The SMILES string of the molecule is CN1CCN(NC(=O)c2ccc(N)c(N)c2)CC1. The molecule has 0 unspecified atom stereocenters. The molecule has 1 heterocycles. The molecule has 0 radical (unpaired) electrons. The number of rotatable bonds is 2. The number of nitrogens with one attached hydrogen (secondary N) is 1. The van der Waals surface area contributed by atoms with Gasteiger partial charge in [-0.3, -0.25) is 10.2 Å². The fourth-order valence-electron chi connectivity index (χ4n) is 1.84. The molecular formula is C12H19N5O. The molecule has 2 rings (SSSR count). The molecule has 18 heavy (non-hydrogen) atoms. The molecule has 1 aliphatic rings. The summed E-state index contributed by atoms with van der Waals surface area (Å²) in [6.45, 7) is 3.55. The molecule has 0 saturated carbocycles. The monoisotopic (exact) mass is 249 g/mol. The van der Waals surface area contributed by atoms with Crippen molar-refractivity contribution >= 4 is 17.3 Å². The third-order valence-corrected chi connectivity index (χ3v) is 3.11. The second-order valence-corrected chi connectivity index (χ2v) is 4.57. The van der Waals surface area contributed by atoms with Crippen molar-refractivity contribution in [3.63, 3.8) is 0 Å². The largest absolute Gasteiger partial charge is 0.397 e. The highest BCUT2D eigenvalue weighted by Crippen LogP contribution is 2.15. The number of piperazine rings is 1. The number of benzene rings is 1. The smallest absolute Gasteiger partial charge is 0.265 e. The van der Waals surface area contributed by atoms with Crippen molar-refractivity contribution in [3.05, 3.63) is 23.8 Å². The van der Waals surface area contributed by atoms with Crippen LogP contribution >= 0.6 is 0 Å². The molecule has 5 N–H and O–H groups in total. The van der Waals surface area contributed by atoms with E-state index in [1.54, 1.807) is 18.2 Å². The predicted molar refractivity (Wildman–Crippen MR) is 71.8 cm³/mol. The van der Waals surface area contributed by atoms with Crippen molar-refractivity contribution in [2.75, 3.05) is 44.7 Å². The number of hydrazine groups is 1. The van der Waals surface area contributed by atoms with Crippen LogP contribution in [0.1, 0.15) is 10.4 Å². The lowest BCUT2D eigenvalue weighted by molar-refractivity contribution is 0.0662. The van der Waals surface area contributed by atoms with Crippen LogP contribution in [0.15, 0.2) is 18.2 Å². The van der Waals surface area contributed by atoms with Gasteiger partial charge in [-0.25, -0.2) is 5.01 Å². The average Bonchev–Trinajstić information content (AvgIpc) is 2.35. The van der Waals surface area contributed by atoms with Gasteiger partial charge in [0.15, 0.2) is 0 Å². The van der Waals surface area contributed by atoms with Crippen LogP contribution in [-0.4, -0.2) is 49.0 Å². The maximum Gasteiger partial charge on any atom is 0.265 e. The minimum Gasteiger partial charge on any atom is -0.397 e. The van der Waals surface area contributed by atoms with Crippen LogP contribution in [0, 0.1) is 0 Å². The zero-order chi connectivity index (χ0) is 13.1. The number of carbonyl (C=O) groups excluding carboxylic acids is 1. The number of anilines is 2. The van der Waals surface area contributed by atoms with Gasteiger partial charge in [-0.1, -0.05) is 0 Å². The molecule has 1 saturated heterocycles. The summed E-state index contributed by atoms with van der Waals surface area (Å²) in [6.07, 6.45) is 0. The number of hydrogen-bond acceptors (Lipinski definition) is 5. The molecule has 0 atom stereocenters. The first-order valence-electron chi connectivity index (χ1n) is 5.96. The summed E-state index contributed by atoms with van der Waals surface area (Å²) in [4.78, 5) is 14.2. The van der Waals surface area contributed by atoms with Gasteiger partial charge in [0.25, 0.3) is 5.91 Å². The third-order valence-electron chi connectivity index (χ3n) is 3.11. The topological polar surface area (TPSA) is 87.6 Å². The van der Waals surface area contributed by atoms with Gasteiger partial charge in [-0.05, 0) is 25.2 Å². The molecule has 0 bridgehead atoms. The van der Waals surface area contributed by atoms with Crippen LogP contribution in [0.5, 0.6) is 0 Å². The Labute approximate surface area is 106 Å². The number of nitrogen functional groups attached to an aromatic ring is 2. The highest BCUT2D eigenvalue weighted by molar-refractivity contribution is 5.95. The van der Waals surface area contributed by atoms with Crippen molar-refractivity contribution in [2.45, 2.75) is 0 Å². The van der Waals surface area contributed by atoms with E-state index in [9.17, 15) is 4.79 Å². The highest BCUT2D eigenvalue weighted by atomic mass is 16.2. The van der Waals surface area contributed by atoms with E-state index >= 15 is 0 Å². The number of carbonyl (C=O) groups is 1. The summed E-state index contributed by atoms with van der Waals surface area (Å²) >= 11 is 0. The normalized spacial score (nSPS) is 17.6. The molecule has 0 spiro atoms. The van der Waals surface area contributed by atoms with Gasteiger partial charge >= 0.3 is 0 Å². The van der Waals surface area contributed by atoms with E-state index in [2.05, 4.69) is 17.4 Å². The van der Waals surface area contributed by atoms with Crippen molar-refractivity contribution < 1.29 is 4.79 Å². The average molecular weight is 249 g/mol. The standard InChI is InChI=1S/C12H19N5O/c1-16-4-6-17(7-5-16)15-12(18)9-2-3-10(13)11(14)8-9/h2-3,8H,4-7,13-14H2,1H3,(H,15,18). The van der Waals surface area contributed by atoms with E-state index in [1.165, 1.54) is 0 Å². The molecule has 6 heteroatoms. The Bertz CT molecular complexity index is 440. The number of likely N-dealkylation sites (N-methyl/N-ethyl adjacent to an activating group) is 1. The molecule has 1 fully saturated rings. The first kappa shape index (κ1) is 12.7. The quantitative estimate of drug-likeness (QED) is 0.629. The predicted octanol–water partition coefficient (Wildman–Crippen LogP) is -0.257. The Morgan fingerprint density at radius 1 is 1.17 bits per heavy atom. The summed E-state index contributed by atoms with van der Waals surface area (Å²) < 4.78 is 0. The van der Waals surface area contributed by atoms with Crippen molar-refractivity contribution in [1.29, 1.82) is 0 Å². The number of amides is 1. The Morgan fingerprint density at radius 3 is 2.44 bits per heavy atom. The van der Waals surface area contributed by atoms with Crippen LogP contribution in [0.25, 0.3) is 0 Å². The van der Waals surface area contributed by atoms with E-state index in [0.29, 0.717) is 16.9 Å². The van der Waals surface area contributed by atoms with Crippen LogP contribution in [0.2, 0.25) is 0 Å². The van der Waals surface area contributed by atoms with Gasteiger partial charge < -0.3 is 16.4 Å².